The van der Waals surface area contributed by atoms with E-state index in [2.05, 4.69) is 19.9 Å². The van der Waals surface area contributed by atoms with E-state index in [9.17, 15) is 4.79 Å². The first-order valence-electron chi connectivity index (χ1n) is 8.73. The van der Waals surface area contributed by atoms with Crippen LogP contribution >= 0.6 is 11.8 Å². The summed E-state index contributed by atoms with van der Waals surface area (Å²) in [5, 5.41) is 0.518. The quantitative estimate of drug-likeness (QED) is 0.529. The Morgan fingerprint density at radius 2 is 2.04 bits per heavy atom. The van der Waals surface area contributed by atoms with E-state index in [-0.39, 0.29) is 5.91 Å². The lowest BCUT2D eigenvalue weighted by molar-refractivity contribution is 0.0327. The zero-order valence-electron chi connectivity index (χ0n) is 15.0. The van der Waals surface area contributed by atoms with Gasteiger partial charge in [0.1, 0.15) is 0 Å². The molecule has 2 rings (SSSR count). The van der Waals surface area contributed by atoms with Gasteiger partial charge in [-0.2, -0.15) is 0 Å². The third kappa shape index (κ3) is 6.11. The molecule has 0 N–H and O–H groups in total. The van der Waals surface area contributed by atoms with Crippen molar-refractivity contribution in [1.29, 1.82) is 0 Å². The third-order valence-electron chi connectivity index (χ3n) is 4.14. The molecule has 1 heterocycles. The second-order valence-corrected chi connectivity index (χ2v) is 8.15. The molecule has 0 radical (unpaired) electrons. The van der Waals surface area contributed by atoms with Crippen molar-refractivity contribution in [3.8, 4) is 0 Å². The number of likely N-dealkylation sites (tertiary alicyclic amines) is 1. The Labute approximate surface area is 149 Å². The van der Waals surface area contributed by atoms with Crippen LogP contribution in [0.1, 0.15) is 37.0 Å². The predicted molar refractivity (Wildman–Crippen MR) is 98.8 cm³/mol. The molecule has 0 unspecified atom stereocenters. The fraction of sp³-hybridized carbons (Fsp3) is 0.632. The van der Waals surface area contributed by atoms with E-state index in [0.29, 0.717) is 24.4 Å². The molecule has 0 aromatic heterocycles. The van der Waals surface area contributed by atoms with Gasteiger partial charge in [-0.05, 0) is 37.0 Å². The van der Waals surface area contributed by atoms with Gasteiger partial charge in [-0.15, -0.1) is 11.8 Å². The van der Waals surface area contributed by atoms with Crippen LogP contribution in [0.5, 0.6) is 0 Å². The van der Waals surface area contributed by atoms with Crippen LogP contribution in [0.15, 0.2) is 29.2 Å². The van der Waals surface area contributed by atoms with E-state index in [1.54, 1.807) is 18.9 Å². The summed E-state index contributed by atoms with van der Waals surface area (Å²) in [6, 6.07) is 8.00. The standard InChI is InChI=1S/C19H29NO3S/c1-15(2)24-18-6-4-5-17(13-18)19(21)20-9-7-16(8-10-20)14-23-12-11-22-3/h4-6,13,15-16H,7-12,14H2,1-3H3. The Kier molecular flexibility index (Phi) is 8.09. The molecule has 1 fully saturated rings. The lowest BCUT2D eigenvalue weighted by Gasteiger charge is -2.32. The number of rotatable bonds is 8. The van der Waals surface area contributed by atoms with E-state index in [1.165, 1.54) is 0 Å². The number of ether oxygens (including phenoxy) is 2. The van der Waals surface area contributed by atoms with Crippen LogP contribution in [-0.2, 0) is 9.47 Å². The number of amides is 1. The summed E-state index contributed by atoms with van der Waals surface area (Å²) in [7, 11) is 1.68. The van der Waals surface area contributed by atoms with E-state index >= 15 is 0 Å². The maximum Gasteiger partial charge on any atom is 0.253 e. The summed E-state index contributed by atoms with van der Waals surface area (Å²) < 4.78 is 10.6. The molecule has 0 bridgehead atoms. The highest BCUT2D eigenvalue weighted by Crippen LogP contribution is 2.25. The number of hydrogen-bond acceptors (Lipinski definition) is 4. The predicted octanol–water partition coefficient (Wildman–Crippen LogP) is 3.70. The van der Waals surface area contributed by atoms with E-state index in [1.807, 2.05) is 23.1 Å². The maximum absolute atomic E-state index is 12.7. The Morgan fingerprint density at radius 3 is 2.71 bits per heavy atom. The lowest BCUT2D eigenvalue weighted by atomic mass is 9.97. The highest BCUT2D eigenvalue weighted by atomic mass is 32.2. The first-order chi connectivity index (χ1) is 11.6. The summed E-state index contributed by atoms with van der Waals surface area (Å²) in [6.45, 7) is 8.03. The van der Waals surface area contributed by atoms with Crippen molar-refractivity contribution in [3.05, 3.63) is 29.8 Å². The summed E-state index contributed by atoms with van der Waals surface area (Å²) in [5.74, 6) is 0.702. The summed E-state index contributed by atoms with van der Waals surface area (Å²) in [4.78, 5) is 15.9. The molecule has 1 aromatic carbocycles. The molecule has 1 aliphatic rings. The molecule has 1 aliphatic heterocycles. The molecule has 1 saturated heterocycles. The number of benzene rings is 1. The number of hydrogen-bond donors (Lipinski definition) is 0. The minimum Gasteiger partial charge on any atom is -0.382 e. The minimum absolute atomic E-state index is 0.153. The fourth-order valence-electron chi connectivity index (χ4n) is 2.85. The molecule has 0 aliphatic carbocycles. The van der Waals surface area contributed by atoms with Crippen molar-refractivity contribution in [3.63, 3.8) is 0 Å². The van der Waals surface area contributed by atoms with Gasteiger partial charge in [-0.25, -0.2) is 0 Å². The zero-order valence-corrected chi connectivity index (χ0v) is 15.8. The second-order valence-electron chi connectivity index (χ2n) is 6.50. The topological polar surface area (TPSA) is 38.8 Å². The van der Waals surface area contributed by atoms with Crippen molar-refractivity contribution in [2.24, 2.45) is 5.92 Å². The first kappa shape index (κ1) is 19.3. The molecule has 0 spiro atoms. The molecular formula is C19H29NO3S. The Balaban J connectivity index is 1.82. The number of nitrogens with zero attached hydrogens (tertiary/aromatic N) is 1. The Bertz CT molecular complexity index is 513. The number of thioether (sulfide) groups is 1. The van der Waals surface area contributed by atoms with Gasteiger partial charge in [0.15, 0.2) is 0 Å². The molecule has 1 aromatic rings. The van der Waals surface area contributed by atoms with E-state index in [0.717, 1.165) is 43.0 Å². The maximum atomic E-state index is 12.7. The van der Waals surface area contributed by atoms with Gasteiger partial charge in [0, 0.05) is 42.5 Å². The van der Waals surface area contributed by atoms with Crippen LogP contribution in [0.25, 0.3) is 0 Å². The van der Waals surface area contributed by atoms with Crippen LogP contribution < -0.4 is 0 Å². The van der Waals surface area contributed by atoms with Crippen molar-refractivity contribution < 1.29 is 14.3 Å². The van der Waals surface area contributed by atoms with Gasteiger partial charge in [0.05, 0.1) is 13.2 Å². The lowest BCUT2D eigenvalue weighted by Crippen LogP contribution is -2.39. The minimum atomic E-state index is 0.153. The van der Waals surface area contributed by atoms with E-state index in [4.69, 9.17) is 9.47 Å². The molecule has 0 saturated carbocycles. The van der Waals surface area contributed by atoms with Crippen molar-refractivity contribution >= 4 is 17.7 Å². The molecule has 5 heteroatoms. The number of methoxy groups -OCH3 is 1. The van der Waals surface area contributed by atoms with Gasteiger partial charge < -0.3 is 14.4 Å². The Hall–Kier alpha value is -1.04. The molecule has 4 nitrogen and oxygen atoms in total. The van der Waals surface area contributed by atoms with Crippen LogP contribution in [0, 0.1) is 5.92 Å². The molecular weight excluding hydrogens is 322 g/mol. The zero-order chi connectivity index (χ0) is 17.4. The highest BCUT2D eigenvalue weighted by Gasteiger charge is 2.23. The average Bonchev–Trinajstić information content (AvgIpc) is 2.58. The van der Waals surface area contributed by atoms with E-state index < -0.39 is 0 Å². The van der Waals surface area contributed by atoms with Crippen molar-refractivity contribution in [1.82, 2.24) is 4.90 Å². The number of carbonyl (C=O) groups is 1. The normalized spacial score (nSPS) is 15.9. The smallest absolute Gasteiger partial charge is 0.253 e. The van der Waals surface area contributed by atoms with Crippen LogP contribution in [-0.4, -0.2) is 56.1 Å². The summed E-state index contributed by atoms with van der Waals surface area (Å²) in [5.41, 5.74) is 0.801. The molecule has 0 atom stereocenters. The third-order valence-corrected chi connectivity index (χ3v) is 5.14. The SMILES string of the molecule is COCCOCC1CCN(C(=O)c2cccc(SC(C)C)c2)CC1. The van der Waals surface area contributed by atoms with Gasteiger partial charge in [0.25, 0.3) is 5.91 Å². The van der Waals surface area contributed by atoms with Crippen molar-refractivity contribution in [2.75, 3.05) is 40.0 Å². The second kappa shape index (κ2) is 10.1. The van der Waals surface area contributed by atoms with Gasteiger partial charge in [-0.3, -0.25) is 4.79 Å². The Morgan fingerprint density at radius 1 is 1.29 bits per heavy atom. The summed E-state index contributed by atoms with van der Waals surface area (Å²) >= 11 is 1.79. The molecule has 134 valence electrons. The summed E-state index contributed by atoms with van der Waals surface area (Å²) in [6.07, 6.45) is 2.03. The largest absolute Gasteiger partial charge is 0.382 e. The molecule has 1 amide bonds. The highest BCUT2D eigenvalue weighted by molar-refractivity contribution is 7.99. The van der Waals surface area contributed by atoms with Gasteiger partial charge in [0.2, 0.25) is 0 Å². The van der Waals surface area contributed by atoms with Gasteiger partial charge in [-0.1, -0.05) is 19.9 Å². The first-order valence-corrected chi connectivity index (χ1v) is 9.60. The van der Waals surface area contributed by atoms with Crippen LogP contribution in [0.2, 0.25) is 0 Å². The van der Waals surface area contributed by atoms with Crippen LogP contribution in [0.3, 0.4) is 0 Å². The van der Waals surface area contributed by atoms with Crippen LogP contribution in [0.4, 0.5) is 0 Å². The monoisotopic (exact) mass is 351 g/mol. The fourth-order valence-corrected chi connectivity index (χ4v) is 3.75. The van der Waals surface area contributed by atoms with Crippen molar-refractivity contribution in [2.45, 2.75) is 36.8 Å². The molecule has 24 heavy (non-hydrogen) atoms. The van der Waals surface area contributed by atoms with Gasteiger partial charge >= 0.3 is 0 Å². The average molecular weight is 352 g/mol. The number of piperidine rings is 1. The number of carbonyl (C=O) groups excluding carboxylic acids is 1.